The summed E-state index contributed by atoms with van der Waals surface area (Å²) in [6.07, 6.45) is 1.78. The third kappa shape index (κ3) is 4.12. The monoisotopic (exact) mass is 395 g/mol. The van der Waals surface area contributed by atoms with Crippen LogP contribution in [0.5, 0.6) is 5.75 Å². The van der Waals surface area contributed by atoms with Crippen LogP contribution in [0.2, 0.25) is 5.02 Å². The normalized spacial score (nSPS) is 14.1. The van der Waals surface area contributed by atoms with Gasteiger partial charge in [-0.2, -0.15) is 4.98 Å². The molecule has 1 fully saturated rings. The van der Waals surface area contributed by atoms with Crippen molar-refractivity contribution < 1.29 is 4.74 Å². The van der Waals surface area contributed by atoms with E-state index in [1.54, 1.807) is 13.3 Å². The van der Waals surface area contributed by atoms with Crippen molar-refractivity contribution in [2.45, 2.75) is 0 Å². The van der Waals surface area contributed by atoms with E-state index in [0.717, 1.165) is 55.1 Å². The fourth-order valence-electron chi connectivity index (χ4n) is 3.29. The van der Waals surface area contributed by atoms with Crippen LogP contribution >= 0.6 is 11.6 Å². The van der Waals surface area contributed by atoms with Gasteiger partial charge < -0.3 is 19.9 Å². The summed E-state index contributed by atoms with van der Waals surface area (Å²) in [5.74, 6) is 2.40. The Hall–Kier alpha value is -2.99. The minimum Gasteiger partial charge on any atom is -0.495 e. The van der Waals surface area contributed by atoms with E-state index in [1.807, 2.05) is 48.5 Å². The van der Waals surface area contributed by atoms with Gasteiger partial charge in [-0.25, -0.2) is 4.98 Å². The fourth-order valence-corrected chi connectivity index (χ4v) is 3.42. The fraction of sp³-hybridized carbons (Fsp3) is 0.238. The largest absolute Gasteiger partial charge is 0.495 e. The number of benzene rings is 2. The third-order valence-electron chi connectivity index (χ3n) is 4.75. The Labute approximate surface area is 169 Å². The highest BCUT2D eigenvalue weighted by Gasteiger charge is 2.21. The van der Waals surface area contributed by atoms with Crippen LogP contribution in [0.15, 0.2) is 60.8 Å². The van der Waals surface area contributed by atoms with Gasteiger partial charge >= 0.3 is 0 Å². The highest BCUT2D eigenvalue weighted by atomic mass is 35.5. The molecular weight excluding hydrogens is 374 g/mol. The van der Waals surface area contributed by atoms with Gasteiger partial charge in [0.2, 0.25) is 5.95 Å². The molecule has 0 radical (unpaired) electrons. The number of piperazine rings is 1. The summed E-state index contributed by atoms with van der Waals surface area (Å²) in [5, 5.41) is 4.01. The zero-order valence-electron chi connectivity index (χ0n) is 15.7. The summed E-state index contributed by atoms with van der Waals surface area (Å²) in [4.78, 5) is 13.7. The molecule has 1 aliphatic heterocycles. The number of anilines is 4. The van der Waals surface area contributed by atoms with E-state index in [-0.39, 0.29) is 0 Å². The zero-order chi connectivity index (χ0) is 19.3. The second kappa shape index (κ2) is 8.35. The number of nitrogens with zero attached hydrogens (tertiary/aromatic N) is 4. The molecule has 28 heavy (non-hydrogen) atoms. The van der Waals surface area contributed by atoms with Crippen molar-refractivity contribution in [1.29, 1.82) is 0 Å². The average Bonchev–Trinajstić information content (AvgIpc) is 2.76. The second-order valence-corrected chi connectivity index (χ2v) is 6.96. The maximum absolute atomic E-state index is 5.94. The molecule has 7 heteroatoms. The van der Waals surface area contributed by atoms with Crippen molar-refractivity contribution in [3.63, 3.8) is 0 Å². The minimum absolute atomic E-state index is 0.710. The van der Waals surface area contributed by atoms with Crippen LogP contribution < -0.4 is 19.9 Å². The van der Waals surface area contributed by atoms with E-state index in [0.29, 0.717) is 5.02 Å². The van der Waals surface area contributed by atoms with Crippen LogP contribution in [0.1, 0.15) is 0 Å². The van der Waals surface area contributed by atoms with Crippen molar-refractivity contribution in [1.82, 2.24) is 9.97 Å². The lowest BCUT2D eigenvalue weighted by Crippen LogP contribution is -2.47. The molecule has 0 unspecified atom stereocenters. The van der Waals surface area contributed by atoms with E-state index in [9.17, 15) is 0 Å². The first-order chi connectivity index (χ1) is 13.7. The molecule has 1 saturated heterocycles. The van der Waals surface area contributed by atoms with Crippen molar-refractivity contribution in [3.05, 3.63) is 65.8 Å². The van der Waals surface area contributed by atoms with E-state index < -0.39 is 0 Å². The predicted molar refractivity (Wildman–Crippen MR) is 114 cm³/mol. The van der Waals surface area contributed by atoms with Crippen LogP contribution in [-0.2, 0) is 0 Å². The maximum Gasteiger partial charge on any atom is 0.227 e. The third-order valence-corrected chi connectivity index (χ3v) is 5.00. The van der Waals surface area contributed by atoms with Crippen molar-refractivity contribution in [2.24, 2.45) is 0 Å². The van der Waals surface area contributed by atoms with Gasteiger partial charge in [-0.1, -0.05) is 23.7 Å². The van der Waals surface area contributed by atoms with Gasteiger partial charge in [0.15, 0.2) is 0 Å². The molecule has 1 aliphatic rings. The molecule has 0 bridgehead atoms. The molecule has 4 rings (SSSR count). The number of methoxy groups -OCH3 is 1. The Bertz CT molecular complexity index is 926. The number of halogens is 1. The molecule has 2 aromatic carbocycles. The standard InChI is InChI=1S/C21H22ClN5O/c1-28-19-5-3-2-4-18(19)26-12-14-27(15-13-26)21-23-11-10-20(25-21)24-17-8-6-16(22)7-9-17/h2-11H,12-15H2,1H3,(H,23,24,25). The summed E-state index contributed by atoms with van der Waals surface area (Å²) < 4.78 is 5.49. The second-order valence-electron chi connectivity index (χ2n) is 6.52. The number of aromatic nitrogens is 2. The Kier molecular flexibility index (Phi) is 5.48. The van der Waals surface area contributed by atoms with E-state index in [1.165, 1.54) is 0 Å². The molecule has 3 aromatic rings. The Morgan fingerprint density at radius 1 is 0.929 bits per heavy atom. The summed E-state index contributed by atoms with van der Waals surface area (Å²) in [6, 6.07) is 17.5. The first-order valence-electron chi connectivity index (χ1n) is 9.21. The van der Waals surface area contributed by atoms with Gasteiger partial charge in [0, 0.05) is 43.1 Å². The summed E-state index contributed by atoms with van der Waals surface area (Å²) >= 11 is 5.94. The van der Waals surface area contributed by atoms with Crippen LogP contribution in [-0.4, -0.2) is 43.3 Å². The number of rotatable bonds is 5. The molecule has 0 spiro atoms. The van der Waals surface area contributed by atoms with E-state index in [2.05, 4.69) is 31.2 Å². The Morgan fingerprint density at radius 2 is 1.64 bits per heavy atom. The van der Waals surface area contributed by atoms with Gasteiger partial charge in [-0.3, -0.25) is 0 Å². The van der Waals surface area contributed by atoms with Gasteiger partial charge in [-0.15, -0.1) is 0 Å². The summed E-state index contributed by atoms with van der Waals surface area (Å²) in [7, 11) is 1.71. The van der Waals surface area contributed by atoms with Crippen LogP contribution in [0.4, 0.5) is 23.1 Å². The molecule has 6 nitrogen and oxygen atoms in total. The SMILES string of the molecule is COc1ccccc1N1CCN(c2nccc(Nc3ccc(Cl)cc3)n2)CC1. The molecular formula is C21H22ClN5O. The smallest absolute Gasteiger partial charge is 0.227 e. The maximum atomic E-state index is 5.94. The van der Waals surface area contributed by atoms with E-state index >= 15 is 0 Å². The van der Waals surface area contributed by atoms with Crippen LogP contribution in [0, 0.1) is 0 Å². The highest BCUT2D eigenvalue weighted by molar-refractivity contribution is 6.30. The highest BCUT2D eigenvalue weighted by Crippen LogP contribution is 2.29. The number of hydrogen-bond donors (Lipinski definition) is 1. The molecule has 0 aliphatic carbocycles. The quantitative estimate of drug-likeness (QED) is 0.698. The lowest BCUT2D eigenvalue weighted by atomic mass is 10.2. The molecule has 1 aromatic heterocycles. The number of ether oxygens (including phenoxy) is 1. The summed E-state index contributed by atoms with van der Waals surface area (Å²) in [5.41, 5.74) is 2.07. The van der Waals surface area contributed by atoms with Gasteiger partial charge in [0.25, 0.3) is 0 Å². The Balaban J connectivity index is 1.42. The van der Waals surface area contributed by atoms with Crippen molar-refractivity contribution in [3.8, 4) is 5.75 Å². The summed E-state index contributed by atoms with van der Waals surface area (Å²) in [6.45, 7) is 3.47. The van der Waals surface area contributed by atoms with Crippen molar-refractivity contribution in [2.75, 3.05) is 48.4 Å². The van der Waals surface area contributed by atoms with Crippen LogP contribution in [0.3, 0.4) is 0 Å². The zero-order valence-corrected chi connectivity index (χ0v) is 16.4. The van der Waals surface area contributed by atoms with Gasteiger partial charge in [-0.05, 0) is 42.5 Å². The molecule has 144 valence electrons. The molecule has 0 saturated carbocycles. The number of para-hydroxylation sites is 2. The Morgan fingerprint density at radius 3 is 2.39 bits per heavy atom. The lowest BCUT2D eigenvalue weighted by Gasteiger charge is -2.36. The first-order valence-corrected chi connectivity index (χ1v) is 9.59. The lowest BCUT2D eigenvalue weighted by molar-refractivity contribution is 0.413. The number of nitrogens with one attached hydrogen (secondary N) is 1. The molecule has 1 N–H and O–H groups in total. The van der Waals surface area contributed by atoms with Gasteiger partial charge in [0.05, 0.1) is 12.8 Å². The van der Waals surface area contributed by atoms with Crippen LogP contribution in [0.25, 0.3) is 0 Å². The minimum atomic E-state index is 0.710. The molecule has 0 atom stereocenters. The predicted octanol–water partition coefficient (Wildman–Crippen LogP) is 4.21. The average molecular weight is 396 g/mol. The number of hydrogen-bond acceptors (Lipinski definition) is 6. The first kappa shape index (κ1) is 18.4. The van der Waals surface area contributed by atoms with Gasteiger partial charge in [0.1, 0.15) is 11.6 Å². The van der Waals surface area contributed by atoms with Crippen molar-refractivity contribution >= 4 is 34.7 Å². The molecule has 0 amide bonds. The van der Waals surface area contributed by atoms with E-state index in [4.69, 9.17) is 16.3 Å². The molecule has 2 heterocycles. The topological polar surface area (TPSA) is 53.5 Å².